The predicted octanol–water partition coefficient (Wildman–Crippen LogP) is 3.21. The van der Waals surface area contributed by atoms with E-state index in [1.165, 1.54) is 6.07 Å². The second-order valence-corrected chi connectivity index (χ2v) is 3.60. The molecule has 1 heterocycles. The molecule has 0 aromatic carbocycles. The summed E-state index contributed by atoms with van der Waals surface area (Å²) in [5, 5.41) is 0. The molecule has 0 saturated carbocycles. The maximum atomic E-state index is 12.0. The first-order chi connectivity index (χ1) is 5.41. The third-order valence-electron chi connectivity index (χ3n) is 1.35. The Hall–Kier alpha value is -0.260. The Bertz CT molecular complexity index is 269. The molecule has 13 heavy (non-hydrogen) atoms. The van der Waals surface area contributed by atoms with Crippen LogP contribution < -0.4 is 5.73 Å². The molecule has 0 aliphatic carbocycles. The first-order valence-corrected chi connectivity index (χ1v) is 4.15. The molecule has 1 nitrogen and oxygen atoms in total. The Kier molecular flexibility index (Phi) is 4.22. The molecular formula is C7H9ClF3NS. The fraction of sp³-hybridized carbons (Fsp3) is 0.429. The highest BCUT2D eigenvalue weighted by Gasteiger charge is 2.32. The summed E-state index contributed by atoms with van der Waals surface area (Å²) >= 11 is 0.698. The van der Waals surface area contributed by atoms with Gasteiger partial charge in [0.25, 0.3) is 0 Å². The highest BCUT2D eigenvalue weighted by molar-refractivity contribution is 7.12. The summed E-state index contributed by atoms with van der Waals surface area (Å²) < 4.78 is 36.1. The van der Waals surface area contributed by atoms with Crippen LogP contribution in [0.5, 0.6) is 0 Å². The van der Waals surface area contributed by atoms with Crippen LogP contribution >= 0.6 is 23.7 Å². The van der Waals surface area contributed by atoms with Crippen molar-refractivity contribution in [2.75, 3.05) is 0 Å². The summed E-state index contributed by atoms with van der Waals surface area (Å²) in [7, 11) is 0. The van der Waals surface area contributed by atoms with Crippen molar-refractivity contribution in [3.8, 4) is 0 Å². The van der Waals surface area contributed by atoms with Crippen molar-refractivity contribution in [1.29, 1.82) is 0 Å². The second-order valence-electron chi connectivity index (χ2n) is 2.49. The van der Waals surface area contributed by atoms with Crippen molar-refractivity contribution >= 4 is 23.7 Å². The highest BCUT2D eigenvalue weighted by Crippen LogP contribution is 2.35. The number of alkyl halides is 3. The van der Waals surface area contributed by atoms with Gasteiger partial charge in [0, 0.05) is 10.9 Å². The van der Waals surface area contributed by atoms with E-state index in [1.54, 1.807) is 6.92 Å². The van der Waals surface area contributed by atoms with Gasteiger partial charge >= 0.3 is 6.18 Å². The molecule has 1 unspecified atom stereocenters. The van der Waals surface area contributed by atoms with Crippen molar-refractivity contribution < 1.29 is 13.2 Å². The molecule has 1 rings (SSSR count). The van der Waals surface area contributed by atoms with Gasteiger partial charge in [0.05, 0.1) is 0 Å². The van der Waals surface area contributed by atoms with Crippen LogP contribution in [0, 0.1) is 0 Å². The lowest BCUT2D eigenvalue weighted by Crippen LogP contribution is -2.02. The minimum Gasteiger partial charge on any atom is -0.324 e. The second kappa shape index (κ2) is 4.30. The summed E-state index contributed by atoms with van der Waals surface area (Å²) in [5.74, 6) is 0. The van der Waals surface area contributed by atoms with Gasteiger partial charge in [0.15, 0.2) is 0 Å². The lowest BCUT2D eigenvalue weighted by Gasteiger charge is -2.02. The summed E-state index contributed by atoms with van der Waals surface area (Å²) in [6.07, 6.45) is -4.24. The van der Waals surface area contributed by atoms with Gasteiger partial charge in [-0.3, -0.25) is 0 Å². The van der Waals surface area contributed by atoms with Gasteiger partial charge in [0.2, 0.25) is 0 Å². The Morgan fingerprint density at radius 3 is 2.15 bits per heavy atom. The van der Waals surface area contributed by atoms with E-state index >= 15 is 0 Å². The standard InChI is InChI=1S/C7H8F3NS.ClH/c1-4(11)5-2-3-6(12-5)7(8,9)10;/h2-4H,11H2,1H3;1H. The van der Waals surface area contributed by atoms with Gasteiger partial charge in [-0.15, -0.1) is 23.7 Å². The van der Waals surface area contributed by atoms with Crippen molar-refractivity contribution in [1.82, 2.24) is 0 Å². The van der Waals surface area contributed by atoms with Crippen LogP contribution in [0.4, 0.5) is 13.2 Å². The van der Waals surface area contributed by atoms with Crippen LogP contribution in [0.2, 0.25) is 0 Å². The Morgan fingerprint density at radius 2 is 1.92 bits per heavy atom. The lowest BCUT2D eigenvalue weighted by atomic mass is 10.3. The van der Waals surface area contributed by atoms with Crippen molar-refractivity contribution in [3.05, 3.63) is 21.9 Å². The van der Waals surface area contributed by atoms with E-state index in [9.17, 15) is 13.2 Å². The van der Waals surface area contributed by atoms with E-state index in [0.717, 1.165) is 6.07 Å². The zero-order valence-electron chi connectivity index (χ0n) is 6.76. The SMILES string of the molecule is CC(N)c1ccc(C(F)(F)F)s1.Cl. The average Bonchev–Trinajstić information content (AvgIpc) is 2.30. The van der Waals surface area contributed by atoms with Crippen LogP contribution in [-0.4, -0.2) is 0 Å². The molecule has 0 aliphatic heterocycles. The van der Waals surface area contributed by atoms with E-state index in [-0.39, 0.29) is 18.4 Å². The number of nitrogens with two attached hydrogens (primary N) is 1. The quantitative estimate of drug-likeness (QED) is 0.789. The van der Waals surface area contributed by atoms with Gasteiger partial charge in [0.1, 0.15) is 4.88 Å². The van der Waals surface area contributed by atoms with Crippen LogP contribution in [0.15, 0.2) is 12.1 Å². The maximum absolute atomic E-state index is 12.0. The Morgan fingerprint density at radius 1 is 1.38 bits per heavy atom. The fourth-order valence-corrected chi connectivity index (χ4v) is 1.58. The van der Waals surface area contributed by atoms with Crippen LogP contribution in [0.25, 0.3) is 0 Å². The van der Waals surface area contributed by atoms with E-state index in [1.807, 2.05) is 0 Å². The van der Waals surface area contributed by atoms with E-state index < -0.39 is 11.1 Å². The molecule has 6 heteroatoms. The number of hydrogen-bond donors (Lipinski definition) is 1. The van der Waals surface area contributed by atoms with E-state index in [2.05, 4.69) is 0 Å². The summed E-state index contributed by atoms with van der Waals surface area (Å²) in [6, 6.07) is 2.15. The molecule has 1 aromatic heterocycles. The molecule has 2 N–H and O–H groups in total. The van der Waals surface area contributed by atoms with Crippen molar-refractivity contribution in [2.24, 2.45) is 5.73 Å². The zero-order valence-corrected chi connectivity index (χ0v) is 8.39. The number of hydrogen-bond acceptors (Lipinski definition) is 2. The van der Waals surface area contributed by atoms with Crippen molar-refractivity contribution in [2.45, 2.75) is 19.1 Å². The summed E-state index contributed by atoms with van der Waals surface area (Å²) in [6.45, 7) is 1.66. The monoisotopic (exact) mass is 231 g/mol. The normalized spacial score (nSPS) is 13.6. The number of halogens is 4. The van der Waals surface area contributed by atoms with E-state index in [0.29, 0.717) is 16.2 Å². The maximum Gasteiger partial charge on any atom is 0.425 e. The smallest absolute Gasteiger partial charge is 0.324 e. The summed E-state index contributed by atoms with van der Waals surface area (Å²) in [4.78, 5) is -0.0304. The third-order valence-corrected chi connectivity index (χ3v) is 2.69. The average molecular weight is 232 g/mol. The molecule has 0 aliphatic rings. The topological polar surface area (TPSA) is 26.0 Å². The van der Waals surface area contributed by atoms with Gasteiger partial charge in [-0.05, 0) is 19.1 Å². The Balaban J connectivity index is 0.00000144. The molecular weight excluding hydrogens is 223 g/mol. The van der Waals surface area contributed by atoms with Crippen LogP contribution in [0.1, 0.15) is 22.7 Å². The minimum absolute atomic E-state index is 0. The first kappa shape index (κ1) is 12.7. The predicted molar refractivity (Wildman–Crippen MR) is 49.2 cm³/mol. The molecule has 0 radical (unpaired) electrons. The molecule has 0 bridgehead atoms. The van der Waals surface area contributed by atoms with Crippen LogP contribution in [-0.2, 0) is 6.18 Å². The van der Waals surface area contributed by atoms with E-state index in [4.69, 9.17) is 5.73 Å². The molecule has 0 amide bonds. The molecule has 0 saturated heterocycles. The molecule has 76 valence electrons. The lowest BCUT2D eigenvalue weighted by molar-refractivity contribution is -0.134. The Labute approximate surface area is 84.2 Å². The zero-order chi connectivity index (χ0) is 9.35. The third kappa shape index (κ3) is 3.17. The summed E-state index contributed by atoms with van der Waals surface area (Å²) in [5.41, 5.74) is 5.41. The fourth-order valence-electron chi connectivity index (χ4n) is 0.750. The number of thiophene rings is 1. The first-order valence-electron chi connectivity index (χ1n) is 3.34. The highest BCUT2D eigenvalue weighted by atomic mass is 35.5. The molecule has 1 atom stereocenters. The minimum atomic E-state index is -4.24. The molecule has 0 fully saturated rings. The van der Waals surface area contributed by atoms with Gasteiger partial charge < -0.3 is 5.73 Å². The molecule has 1 aromatic rings. The van der Waals surface area contributed by atoms with Crippen molar-refractivity contribution in [3.63, 3.8) is 0 Å². The van der Waals surface area contributed by atoms with Gasteiger partial charge in [-0.1, -0.05) is 0 Å². The van der Waals surface area contributed by atoms with Gasteiger partial charge in [-0.25, -0.2) is 0 Å². The largest absolute Gasteiger partial charge is 0.425 e. The molecule has 0 spiro atoms. The number of rotatable bonds is 1. The van der Waals surface area contributed by atoms with Gasteiger partial charge in [-0.2, -0.15) is 13.2 Å². The van der Waals surface area contributed by atoms with Crippen LogP contribution in [0.3, 0.4) is 0 Å².